The predicted octanol–water partition coefficient (Wildman–Crippen LogP) is 0.586. The van der Waals surface area contributed by atoms with Gasteiger partial charge in [0.1, 0.15) is 5.75 Å². The maximum atomic E-state index is 8.63. The van der Waals surface area contributed by atoms with Crippen molar-refractivity contribution >= 4 is 6.16 Å². The van der Waals surface area contributed by atoms with E-state index in [0.29, 0.717) is 5.75 Å². The molecule has 6 heteroatoms. The molecule has 0 saturated carbocycles. The van der Waals surface area contributed by atoms with Crippen LogP contribution >= 0.6 is 0 Å². The minimum absolute atomic E-state index is 0.125. The number of aliphatic hydroxyl groups excluding tert-OH is 2. The maximum absolute atomic E-state index is 8.63. The van der Waals surface area contributed by atoms with Gasteiger partial charge in [0.2, 0.25) is 0 Å². The molecule has 15 heavy (non-hydrogen) atoms. The molecule has 0 spiro atoms. The average molecular weight is 218 g/mol. The fraction of sp³-hybridized carbons (Fsp3) is 0.222. The first kappa shape index (κ1) is 15.7. The smallest absolute Gasteiger partial charge is 0.503 e. The second kappa shape index (κ2) is 12.2. The minimum atomic E-state index is -1.83. The molecule has 0 aliphatic carbocycles. The summed E-state index contributed by atoms with van der Waals surface area (Å²) in [5.41, 5.74) is 0. The first-order chi connectivity index (χ1) is 7.04. The van der Waals surface area contributed by atoms with E-state index in [4.69, 9.17) is 30.3 Å². The molecule has 0 heterocycles. The van der Waals surface area contributed by atoms with Crippen LogP contribution in [0.2, 0.25) is 0 Å². The van der Waals surface area contributed by atoms with Crippen LogP contribution in [0.5, 0.6) is 5.75 Å². The molecule has 0 radical (unpaired) electrons. The summed E-state index contributed by atoms with van der Waals surface area (Å²) in [5, 5.41) is 37.8. The molecule has 5 N–H and O–H groups in total. The number of carboxylic acid groups (broad SMARTS) is 2. The highest BCUT2D eigenvalue weighted by Crippen LogP contribution is 2.02. The van der Waals surface area contributed by atoms with Gasteiger partial charge in [-0.1, -0.05) is 18.2 Å². The van der Waals surface area contributed by atoms with Crippen molar-refractivity contribution in [1.82, 2.24) is 0 Å². The zero-order chi connectivity index (χ0) is 12.1. The molecule has 0 unspecified atom stereocenters. The fourth-order valence-corrected chi connectivity index (χ4v) is 0.428. The molecule has 0 saturated heterocycles. The summed E-state index contributed by atoms with van der Waals surface area (Å²) in [6.07, 6.45) is -1.83. The quantitative estimate of drug-likeness (QED) is 0.470. The van der Waals surface area contributed by atoms with Crippen molar-refractivity contribution in [3.8, 4) is 5.75 Å². The fourth-order valence-electron chi connectivity index (χ4n) is 0.428. The number of para-hydroxylation sites is 1. The van der Waals surface area contributed by atoms with E-state index >= 15 is 0 Å². The van der Waals surface area contributed by atoms with Crippen LogP contribution in [0.25, 0.3) is 0 Å². The Bertz CT molecular complexity index is 230. The lowest BCUT2D eigenvalue weighted by Crippen LogP contribution is -1.85. The van der Waals surface area contributed by atoms with E-state index in [9.17, 15) is 0 Å². The highest BCUT2D eigenvalue weighted by Gasteiger charge is 1.74. The van der Waals surface area contributed by atoms with Crippen LogP contribution in [0.1, 0.15) is 0 Å². The molecule has 1 aromatic rings. The molecule has 0 bridgehead atoms. The molecule has 0 atom stereocenters. The van der Waals surface area contributed by atoms with Crippen LogP contribution < -0.4 is 0 Å². The zero-order valence-electron chi connectivity index (χ0n) is 7.95. The molecular formula is C9H14O6. The van der Waals surface area contributed by atoms with Crippen LogP contribution in [0.3, 0.4) is 0 Å². The van der Waals surface area contributed by atoms with Gasteiger partial charge in [0.25, 0.3) is 0 Å². The lowest BCUT2D eigenvalue weighted by molar-refractivity contribution is 0.137. The number of aliphatic hydroxyl groups is 2. The highest BCUT2D eigenvalue weighted by atomic mass is 16.6. The molecule has 1 rings (SSSR count). The number of rotatable bonds is 1. The average Bonchev–Trinajstić information content (AvgIpc) is 2.18. The van der Waals surface area contributed by atoms with Gasteiger partial charge in [-0.15, -0.1) is 0 Å². The van der Waals surface area contributed by atoms with Crippen molar-refractivity contribution < 1.29 is 30.3 Å². The van der Waals surface area contributed by atoms with Gasteiger partial charge in [0.15, 0.2) is 0 Å². The number of benzene rings is 1. The van der Waals surface area contributed by atoms with Gasteiger partial charge in [0, 0.05) is 0 Å². The molecule has 0 aliphatic rings. The molecule has 0 aromatic heterocycles. The molecule has 1 aromatic carbocycles. The largest absolute Gasteiger partial charge is 0.508 e. The summed E-state index contributed by atoms with van der Waals surface area (Å²) < 4.78 is 0. The minimum Gasteiger partial charge on any atom is -0.508 e. The molecule has 0 aliphatic heterocycles. The predicted molar refractivity (Wildman–Crippen MR) is 52.9 cm³/mol. The number of carbonyl (C=O) groups is 1. The Kier molecular flexibility index (Phi) is 12.8. The Labute approximate surface area is 86.7 Å². The standard InChI is InChI=1S/C6H6O.C2H6O2.CH2O3/c7-6-4-2-1-3-5-6;3-1-2-4;2-1(3)4/h1-5,7H;3-4H,1-2H2;(H2,2,3,4). The van der Waals surface area contributed by atoms with Gasteiger partial charge < -0.3 is 25.5 Å². The number of hydrogen-bond donors (Lipinski definition) is 5. The summed E-state index contributed by atoms with van der Waals surface area (Å²) in [6.45, 7) is -0.250. The lowest BCUT2D eigenvalue weighted by atomic mass is 10.3. The third-order valence-electron chi connectivity index (χ3n) is 0.856. The van der Waals surface area contributed by atoms with Crippen molar-refractivity contribution in [2.75, 3.05) is 13.2 Å². The number of phenolic OH excluding ortho intramolecular Hbond substituents is 1. The van der Waals surface area contributed by atoms with Crippen molar-refractivity contribution in [3.63, 3.8) is 0 Å². The topological polar surface area (TPSA) is 118 Å². The summed E-state index contributed by atoms with van der Waals surface area (Å²) in [6, 6.07) is 8.71. The van der Waals surface area contributed by atoms with Gasteiger partial charge in [0.05, 0.1) is 13.2 Å². The van der Waals surface area contributed by atoms with Crippen LogP contribution in [0.4, 0.5) is 4.79 Å². The summed E-state index contributed by atoms with van der Waals surface area (Å²) >= 11 is 0. The van der Waals surface area contributed by atoms with Crippen LogP contribution in [0, 0.1) is 0 Å². The van der Waals surface area contributed by atoms with E-state index < -0.39 is 6.16 Å². The SMILES string of the molecule is O=C(O)O.OCCO.Oc1ccccc1. The number of phenols is 1. The molecule has 0 amide bonds. The number of aromatic hydroxyl groups is 1. The second-order valence-electron chi connectivity index (χ2n) is 2.07. The van der Waals surface area contributed by atoms with Crippen molar-refractivity contribution in [1.29, 1.82) is 0 Å². The van der Waals surface area contributed by atoms with Gasteiger partial charge in [-0.05, 0) is 12.1 Å². The molecule has 6 nitrogen and oxygen atoms in total. The molecular weight excluding hydrogens is 204 g/mol. The first-order valence-corrected chi connectivity index (χ1v) is 3.92. The Balaban J connectivity index is 0. The Morgan fingerprint density at radius 2 is 1.33 bits per heavy atom. The summed E-state index contributed by atoms with van der Waals surface area (Å²) in [5.74, 6) is 0.322. The summed E-state index contributed by atoms with van der Waals surface area (Å²) in [4.78, 5) is 8.56. The van der Waals surface area contributed by atoms with E-state index in [1.54, 1.807) is 24.3 Å². The van der Waals surface area contributed by atoms with Crippen LogP contribution in [-0.2, 0) is 0 Å². The maximum Gasteiger partial charge on any atom is 0.503 e. The number of hydrogen-bond acceptors (Lipinski definition) is 4. The lowest BCUT2D eigenvalue weighted by Gasteiger charge is -1.82. The van der Waals surface area contributed by atoms with Crippen LogP contribution in [-0.4, -0.2) is 44.9 Å². The zero-order valence-corrected chi connectivity index (χ0v) is 7.95. The summed E-state index contributed by atoms with van der Waals surface area (Å²) in [7, 11) is 0. The van der Waals surface area contributed by atoms with E-state index in [1.807, 2.05) is 6.07 Å². The van der Waals surface area contributed by atoms with Gasteiger partial charge in [-0.2, -0.15) is 0 Å². The monoisotopic (exact) mass is 218 g/mol. The Hall–Kier alpha value is -1.79. The first-order valence-electron chi connectivity index (χ1n) is 3.92. The highest BCUT2D eigenvalue weighted by molar-refractivity contribution is 5.53. The van der Waals surface area contributed by atoms with Crippen LogP contribution in [0.15, 0.2) is 30.3 Å². The molecule has 86 valence electrons. The van der Waals surface area contributed by atoms with E-state index in [0.717, 1.165) is 0 Å². The molecule has 0 fully saturated rings. The van der Waals surface area contributed by atoms with E-state index in [2.05, 4.69) is 0 Å². The van der Waals surface area contributed by atoms with Gasteiger partial charge in [-0.3, -0.25) is 0 Å². The van der Waals surface area contributed by atoms with Gasteiger partial charge in [-0.25, -0.2) is 4.79 Å². The normalized spacial score (nSPS) is 7.60. The third-order valence-corrected chi connectivity index (χ3v) is 0.856. The van der Waals surface area contributed by atoms with E-state index in [1.165, 1.54) is 0 Å². The van der Waals surface area contributed by atoms with Crippen molar-refractivity contribution in [2.45, 2.75) is 0 Å². The third kappa shape index (κ3) is 24.5. The Morgan fingerprint density at radius 1 is 1.00 bits per heavy atom. The second-order valence-corrected chi connectivity index (χ2v) is 2.07. The van der Waals surface area contributed by atoms with E-state index in [-0.39, 0.29) is 13.2 Å². The van der Waals surface area contributed by atoms with Gasteiger partial charge >= 0.3 is 6.16 Å². The van der Waals surface area contributed by atoms with Crippen molar-refractivity contribution in [3.05, 3.63) is 30.3 Å². The Morgan fingerprint density at radius 3 is 1.47 bits per heavy atom. The van der Waals surface area contributed by atoms with Crippen molar-refractivity contribution in [2.24, 2.45) is 0 Å².